The molecule has 6 heteroatoms. The molecular formula is C18H21N5O. The Hall–Kier alpha value is -2.76. The Labute approximate surface area is 140 Å². The van der Waals surface area contributed by atoms with Crippen molar-refractivity contribution in [3.05, 3.63) is 47.2 Å². The number of hydrogen-bond donors (Lipinski definition) is 3. The van der Waals surface area contributed by atoms with Gasteiger partial charge < -0.3 is 20.5 Å². The molecule has 0 unspecified atom stereocenters. The number of benzene rings is 1. The van der Waals surface area contributed by atoms with Crippen molar-refractivity contribution in [2.24, 2.45) is 5.73 Å². The Balaban J connectivity index is 1.59. The first-order valence-corrected chi connectivity index (χ1v) is 8.36. The average molecular weight is 323 g/mol. The number of carbonyl (C=O) groups is 1. The van der Waals surface area contributed by atoms with Gasteiger partial charge in [-0.15, -0.1) is 0 Å². The molecule has 1 fully saturated rings. The van der Waals surface area contributed by atoms with Crippen LogP contribution >= 0.6 is 0 Å². The van der Waals surface area contributed by atoms with E-state index in [1.54, 1.807) is 0 Å². The number of aromatic amines is 1. The molecule has 2 aliphatic rings. The van der Waals surface area contributed by atoms with E-state index in [0.29, 0.717) is 5.69 Å². The van der Waals surface area contributed by atoms with Crippen LogP contribution in [0.3, 0.4) is 0 Å². The van der Waals surface area contributed by atoms with Crippen molar-refractivity contribution in [1.29, 1.82) is 5.41 Å². The molecule has 0 bridgehead atoms. The van der Waals surface area contributed by atoms with Crippen LogP contribution in [0, 0.1) is 5.41 Å². The standard InChI is InChI=1S/C18H21N5O/c19-16(20)12-3-5-14(6-4-12)23-10-7-13-11-15(21-17(13)23)18(24)22-8-1-2-9-22/h3-6,11,21H,1-2,7-10H2,(H3,19,20). The SMILES string of the molecule is N=C(N)c1ccc(N2CCc3cc(C(=O)N4CCCC4)[nH]c32)cc1. The predicted octanol–water partition coefficient (Wildman–Crippen LogP) is 2.23. The second kappa shape index (κ2) is 5.70. The van der Waals surface area contributed by atoms with E-state index in [1.807, 2.05) is 35.2 Å². The number of fused-ring (bicyclic) bond motifs is 1. The Morgan fingerprint density at radius 1 is 1.12 bits per heavy atom. The smallest absolute Gasteiger partial charge is 0.270 e. The third-order valence-corrected chi connectivity index (χ3v) is 4.86. The van der Waals surface area contributed by atoms with Crippen LogP contribution in [-0.4, -0.2) is 41.3 Å². The maximum absolute atomic E-state index is 12.6. The van der Waals surface area contributed by atoms with Crippen molar-refractivity contribution < 1.29 is 4.79 Å². The van der Waals surface area contributed by atoms with Crippen molar-refractivity contribution >= 4 is 23.2 Å². The highest BCUT2D eigenvalue weighted by molar-refractivity contribution is 5.96. The minimum Gasteiger partial charge on any atom is -0.384 e. The van der Waals surface area contributed by atoms with Crippen LogP contribution in [0.1, 0.15) is 34.5 Å². The molecule has 0 spiro atoms. The molecule has 0 saturated carbocycles. The van der Waals surface area contributed by atoms with Gasteiger partial charge in [0.2, 0.25) is 0 Å². The molecular weight excluding hydrogens is 302 g/mol. The third kappa shape index (κ3) is 2.44. The van der Waals surface area contributed by atoms with E-state index in [2.05, 4.69) is 9.88 Å². The maximum atomic E-state index is 12.6. The fourth-order valence-electron chi connectivity index (χ4n) is 3.55. The van der Waals surface area contributed by atoms with Gasteiger partial charge >= 0.3 is 0 Å². The first kappa shape index (κ1) is 14.8. The summed E-state index contributed by atoms with van der Waals surface area (Å²) in [5, 5.41) is 7.48. The molecule has 0 aliphatic carbocycles. The number of nitrogens with two attached hydrogens (primary N) is 1. The number of anilines is 2. The van der Waals surface area contributed by atoms with Crippen molar-refractivity contribution in [2.45, 2.75) is 19.3 Å². The topological polar surface area (TPSA) is 89.2 Å². The van der Waals surface area contributed by atoms with Gasteiger partial charge in [-0.25, -0.2) is 0 Å². The average Bonchev–Trinajstić information content (AvgIpc) is 3.31. The Bertz CT molecular complexity index is 786. The van der Waals surface area contributed by atoms with Gasteiger partial charge in [0.25, 0.3) is 5.91 Å². The van der Waals surface area contributed by atoms with Gasteiger partial charge in [0.05, 0.1) is 0 Å². The van der Waals surface area contributed by atoms with Gasteiger partial charge in [-0.1, -0.05) is 0 Å². The fourth-order valence-corrected chi connectivity index (χ4v) is 3.55. The summed E-state index contributed by atoms with van der Waals surface area (Å²) in [4.78, 5) is 20.0. The second-order valence-electron chi connectivity index (χ2n) is 6.42. The van der Waals surface area contributed by atoms with E-state index in [0.717, 1.165) is 56.0 Å². The molecule has 1 saturated heterocycles. The molecule has 6 nitrogen and oxygen atoms in total. The van der Waals surface area contributed by atoms with Crippen LogP contribution in [0.5, 0.6) is 0 Å². The number of nitrogens with zero attached hydrogens (tertiary/aromatic N) is 2. The molecule has 124 valence electrons. The lowest BCUT2D eigenvalue weighted by Crippen LogP contribution is -2.28. The molecule has 2 aliphatic heterocycles. The molecule has 1 aromatic carbocycles. The van der Waals surface area contributed by atoms with Crippen LogP contribution in [0.15, 0.2) is 30.3 Å². The summed E-state index contributed by atoms with van der Waals surface area (Å²) in [6, 6.07) is 9.65. The van der Waals surface area contributed by atoms with E-state index >= 15 is 0 Å². The van der Waals surface area contributed by atoms with Crippen LogP contribution in [-0.2, 0) is 6.42 Å². The number of likely N-dealkylation sites (tertiary alicyclic amines) is 1. The number of hydrogen-bond acceptors (Lipinski definition) is 3. The zero-order valence-electron chi connectivity index (χ0n) is 13.5. The number of nitrogens with one attached hydrogen (secondary N) is 2. The van der Waals surface area contributed by atoms with Gasteiger partial charge in [-0.2, -0.15) is 0 Å². The lowest BCUT2D eigenvalue weighted by atomic mass is 10.2. The zero-order valence-corrected chi connectivity index (χ0v) is 13.5. The molecule has 0 atom stereocenters. The summed E-state index contributed by atoms with van der Waals surface area (Å²) in [7, 11) is 0. The molecule has 2 aromatic rings. The zero-order chi connectivity index (χ0) is 16.7. The highest BCUT2D eigenvalue weighted by Crippen LogP contribution is 2.34. The Morgan fingerprint density at radius 2 is 1.83 bits per heavy atom. The summed E-state index contributed by atoms with van der Waals surface area (Å²) in [5.74, 6) is 1.18. The summed E-state index contributed by atoms with van der Waals surface area (Å²) >= 11 is 0. The fraction of sp³-hybridized carbons (Fsp3) is 0.333. The number of H-pyrrole nitrogens is 1. The first-order valence-electron chi connectivity index (χ1n) is 8.36. The number of aromatic nitrogens is 1. The van der Waals surface area contributed by atoms with Crippen molar-refractivity contribution in [3.8, 4) is 0 Å². The van der Waals surface area contributed by atoms with Gasteiger partial charge in [0, 0.05) is 30.9 Å². The largest absolute Gasteiger partial charge is 0.384 e. The maximum Gasteiger partial charge on any atom is 0.270 e. The number of carbonyl (C=O) groups excluding carboxylic acids is 1. The normalized spacial score (nSPS) is 16.5. The van der Waals surface area contributed by atoms with E-state index in [9.17, 15) is 4.79 Å². The Morgan fingerprint density at radius 3 is 2.50 bits per heavy atom. The van der Waals surface area contributed by atoms with Crippen molar-refractivity contribution in [1.82, 2.24) is 9.88 Å². The molecule has 4 rings (SSSR count). The van der Waals surface area contributed by atoms with E-state index in [-0.39, 0.29) is 11.7 Å². The molecule has 3 heterocycles. The van der Waals surface area contributed by atoms with Gasteiger partial charge in [0.1, 0.15) is 17.3 Å². The summed E-state index contributed by atoms with van der Waals surface area (Å²) in [6.07, 6.45) is 3.12. The lowest BCUT2D eigenvalue weighted by molar-refractivity contribution is 0.0787. The highest BCUT2D eigenvalue weighted by atomic mass is 16.2. The minimum absolute atomic E-state index is 0.0713. The summed E-state index contributed by atoms with van der Waals surface area (Å²) < 4.78 is 0. The molecule has 0 radical (unpaired) electrons. The van der Waals surface area contributed by atoms with Gasteiger partial charge in [-0.3, -0.25) is 10.2 Å². The molecule has 1 aromatic heterocycles. The molecule has 1 amide bonds. The summed E-state index contributed by atoms with van der Waals surface area (Å²) in [5.41, 5.74) is 9.15. The monoisotopic (exact) mass is 323 g/mol. The minimum atomic E-state index is 0.0713. The first-order chi connectivity index (χ1) is 11.6. The summed E-state index contributed by atoms with van der Waals surface area (Å²) in [6.45, 7) is 2.61. The van der Waals surface area contributed by atoms with Crippen LogP contribution in [0.25, 0.3) is 0 Å². The van der Waals surface area contributed by atoms with Crippen LogP contribution in [0.2, 0.25) is 0 Å². The Kier molecular flexibility index (Phi) is 3.52. The van der Waals surface area contributed by atoms with Crippen molar-refractivity contribution in [2.75, 3.05) is 24.5 Å². The predicted molar refractivity (Wildman–Crippen MR) is 94.1 cm³/mol. The van der Waals surface area contributed by atoms with E-state index < -0.39 is 0 Å². The van der Waals surface area contributed by atoms with E-state index in [4.69, 9.17) is 11.1 Å². The number of nitrogen functional groups attached to an aromatic ring is 1. The van der Waals surface area contributed by atoms with Gasteiger partial charge in [0.15, 0.2) is 0 Å². The quantitative estimate of drug-likeness (QED) is 0.598. The number of rotatable bonds is 3. The third-order valence-electron chi connectivity index (χ3n) is 4.86. The number of amidine groups is 1. The van der Waals surface area contributed by atoms with Crippen LogP contribution in [0.4, 0.5) is 11.5 Å². The highest BCUT2D eigenvalue weighted by Gasteiger charge is 2.27. The van der Waals surface area contributed by atoms with Crippen LogP contribution < -0.4 is 10.6 Å². The van der Waals surface area contributed by atoms with Gasteiger partial charge in [-0.05, 0) is 55.2 Å². The lowest BCUT2D eigenvalue weighted by Gasteiger charge is -2.19. The van der Waals surface area contributed by atoms with E-state index in [1.165, 1.54) is 5.56 Å². The second-order valence-corrected chi connectivity index (χ2v) is 6.42. The van der Waals surface area contributed by atoms with Crippen molar-refractivity contribution in [3.63, 3.8) is 0 Å². The number of amides is 1. The molecule has 24 heavy (non-hydrogen) atoms. The molecule has 4 N–H and O–H groups in total.